The van der Waals surface area contributed by atoms with Gasteiger partial charge in [0.2, 0.25) is 5.95 Å². The van der Waals surface area contributed by atoms with Crippen LogP contribution in [0.2, 0.25) is 5.02 Å². The summed E-state index contributed by atoms with van der Waals surface area (Å²) >= 11 is 7.85. The predicted molar refractivity (Wildman–Crippen MR) is 121 cm³/mol. The molecule has 2 aliphatic rings. The third kappa shape index (κ3) is 4.65. The van der Waals surface area contributed by atoms with Crippen molar-refractivity contribution in [1.82, 2.24) is 9.97 Å². The Morgan fingerprint density at radius 2 is 1.93 bits per heavy atom. The van der Waals surface area contributed by atoms with Crippen LogP contribution in [-0.2, 0) is 6.42 Å². The molecule has 2 N–H and O–H groups in total. The van der Waals surface area contributed by atoms with E-state index in [2.05, 4.69) is 36.2 Å². The van der Waals surface area contributed by atoms with Gasteiger partial charge in [-0.2, -0.15) is 4.98 Å². The number of rotatable bonds is 6. The molecule has 1 aromatic heterocycles. The minimum absolute atomic E-state index is 0.00121. The molecule has 1 fully saturated rings. The number of fused-ring (bicyclic) bond motifs is 1. The highest BCUT2D eigenvalue weighted by Crippen LogP contribution is 2.38. The molecule has 2 aliphatic heterocycles. The van der Waals surface area contributed by atoms with Gasteiger partial charge in [0.25, 0.3) is 0 Å². The molecule has 0 amide bonds. The summed E-state index contributed by atoms with van der Waals surface area (Å²) in [6.45, 7) is 6.23. The molecule has 3 heterocycles. The summed E-state index contributed by atoms with van der Waals surface area (Å²) in [5.41, 5.74) is 2.51. The van der Waals surface area contributed by atoms with E-state index in [1.807, 2.05) is 23.9 Å². The van der Waals surface area contributed by atoms with Crippen LogP contribution in [0.5, 0.6) is 0 Å². The molecule has 29 heavy (non-hydrogen) atoms. The number of nitrogens with zero attached hydrogens (tertiary/aromatic N) is 3. The van der Waals surface area contributed by atoms with Crippen LogP contribution in [0.3, 0.4) is 0 Å². The smallest absolute Gasteiger partial charge is 0.227 e. The van der Waals surface area contributed by atoms with Crippen molar-refractivity contribution in [3.05, 3.63) is 40.5 Å². The Labute approximate surface area is 182 Å². The molecule has 4 rings (SSSR count). The number of thioether (sulfide) groups is 1. The Morgan fingerprint density at radius 1 is 1.21 bits per heavy atom. The van der Waals surface area contributed by atoms with Crippen LogP contribution in [-0.4, -0.2) is 46.6 Å². The zero-order valence-corrected chi connectivity index (χ0v) is 18.6. The highest BCUT2D eigenvalue weighted by atomic mass is 35.5. The van der Waals surface area contributed by atoms with Crippen molar-refractivity contribution in [1.29, 1.82) is 0 Å². The number of aliphatic hydroxyl groups excluding tert-OH is 1. The molecule has 0 saturated carbocycles. The number of nitrogens with one attached hydrogen (secondary N) is 1. The monoisotopic (exact) mass is 432 g/mol. The number of piperidine rings is 1. The largest absolute Gasteiger partial charge is 0.394 e. The number of halogens is 1. The van der Waals surface area contributed by atoms with Crippen LogP contribution in [0.4, 0.5) is 11.8 Å². The molecule has 2 aromatic rings. The first kappa shape index (κ1) is 20.8. The summed E-state index contributed by atoms with van der Waals surface area (Å²) in [6.07, 6.45) is 3.16. The maximum Gasteiger partial charge on any atom is 0.227 e. The van der Waals surface area contributed by atoms with Crippen molar-refractivity contribution in [2.75, 3.05) is 35.7 Å². The van der Waals surface area contributed by atoms with E-state index >= 15 is 0 Å². The summed E-state index contributed by atoms with van der Waals surface area (Å²) in [5, 5.41) is 14.0. The molecule has 1 aromatic carbocycles. The molecule has 156 valence electrons. The lowest BCUT2D eigenvalue weighted by Crippen LogP contribution is -2.35. The fourth-order valence-electron chi connectivity index (χ4n) is 4.04. The molecule has 5 nitrogen and oxygen atoms in total. The average molecular weight is 433 g/mol. The fourth-order valence-corrected chi connectivity index (χ4v) is 5.22. The molecule has 0 spiro atoms. The first-order valence-electron chi connectivity index (χ1n) is 10.5. The lowest BCUT2D eigenvalue weighted by atomic mass is 9.89. The van der Waals surface area contributed by atoms with Gasteiger partial charge < -0.3 is 15.3 Å². The van der Waals surface area contributed by atoms with Crippen LogP contribution in [0.1, 0.15) is 43.9 Å². The van der Waals surface area contributed by atoms with E-state index in [1.54, 1.807) is 0 Å². The van der Waals surface area contributed by atoms with Gasteiger partial charge in [-0.1, -0.05) is 37.6 Å². The Kier molecular flexibility index (Phi) is 6.52. The predicted octanol–water partition coefficient (Wildman–Crippen LogP) is 4.59. The lowest BCUT2D eigenvalue weighted by molar-refractivity contribution is 0.249. The van der Waals surface area contributed by atoms with Crippen LogP contribution in [0.25, 0.3) is 0 Å². The zero-order valence-electron chi connectivity index (χ0n) is 17.1. The van der Waals surface area contributed by atoms with E-state index in [4.69, 9.17) is 21.6 Å². The number of aryl methyl sites for hydroxylation is 1. The number of benzene rings is 1. The van der Waals surface area contributed by atoms with Gasteiger partial charge >= 0.3 is 0 Å². The van der Waals surface area contributed by atoms with Crippen LogP contribution < -0.4 is 10.2 Å². The van der Waals surface area contributed by atoms with Gasteiger partial charge in [0.1, 0.15) is 5.82 Å². The van der Waals surface area contributed by atoms with Crippen molar-refractivity contribution in [3.8, 4) is 0 Å². The number of aliphatic hydroxyl groups is 1. The Balaban J connectivity index is 1.50. The summed E-state index contributed by atoms with van der Waals surface area (Å²) in [7, 11) is 0. The average Bonchev–Trinajstić information content (AvgIpc) is 3.21. The van der Waals surface area contributed by atoms with Gasteiger partial charge in [0.15, 0.2) is 0 Å². The normalized spacial score (nSPS) is 18.2. The highest BCUT2D eigenvalue weighted by molar-refractivity contribution is 7.99. The second-order valence-corrected chi connectivity index (χ2v) is 9.78. The minimum atomic E-state index is -0.00121. The molecular weight excluding hydrogens is 404 g/mol. The van der Waals surface area contributed by atoms with Crippen molar-refractivity contribution < 1.29 is 5.11 Å². The van der Waals surface area contributed by atoms with Crippen molar-refractivity contribution >= 4 is 35.1 Å². The molecule has 1 atom stereocenters. The van der Waals surface area contributed by atoms with E-state index < -0.39 is 0 Å². The maximum atomic E-state index is 9.75. The standard InChI is InChI=1S/C22H29ClN4OS/c1-14(2)19(13-28)24-21-20-18(9-12-29-20)25-22(26-21)27-10-7-16(8-11-27)15-3-5-17(23)6-4-15/h3-6,14,16,19,28H,7-13H2,1-2H3,(H,24,25,26). The Hall–Kier alpha value is -1.50. The number of hydrogen-bond acceptors (Lipinski definition) is 6. The Bertz CT molecular complexity index is 837. The minimum Gasteiger partial charge on any atom is -0.394 e. The first-order chi connectivity index (χ1) is 14.0. The fraction of sp³-hybridized carbons (Fsp3) is 0.545. The molecule has 0 aliphatic carbocycles. The van der Waals surface area contributed by atoms with Crippen molar-refractivity contribution in [2.45, 2.75) is 50.0 Å². The third-order valence-corrected chi connectivity index (χ3v) is 7.33. The second kappa shape index (κ2) is 9.11. The molecular formula is C22H29ClN4OS. The van der Waals surface area contributed by atoms with E-state index in [-0.39, 0.29) is 12.6 Å². The molecule has 0 bridgehead atoms. The van der Waals surface area contributed by atoms with E-state index in [1.165, 1.54) is 5.56 Å². The molecule has 1 unspecified atom stereocenters. The lowest BCUT2D eigenvalue weighted by Gasteiger charge is -2.33. The van der Waals surface area contributed by atoms with Crippen LogP contribution >= 0.6 is 23.4 Å². The van der Waals surface area contributed by atoms with Gasteiger partial charge in [-0.05, 0) is 42.4 Å². The molecule has 1 saturated heterocycles. The van der Waals surface area contributed by atoms with Crippen molar-refractivity contribution in [3.63, 3.8) is 0 Å². The highest BCUT2D eigenvalue weighted by Gasteiger charge is 2.27. The van der Waals surface area contributed by atoms with Gasteiger partial charge in [0.05, 0.1) is 23.2 Å². The van der Waals surface area contributed by atoms with Crippen LogP contribution in [0.15, 0.2) is 29.2 Å². The van der Waals surface area contributed by atoms with Crippen LogP contribution in [0, 0.1) is 5.92 Å². The zero-order chi connectivity index (χ0) is 20.4. The van der Waals surface area contributed by atoms with Gasteiger partial charge in [-0.25, -0.2) is 4.98 Å². The van der Waals surface area contributed by atoms with Crippen molar-refractivity contribution in [2.24, 2.45) is 5.92 Å². The molecule has 7 heteroatoms. The van der Waals surface area contributed by atoms with Gasteiger partial charge in [-0.15, -0.1) is 11.8 Å². The summed E-state index contributed by atoms with van der Waals surface area (Å²) < 4.78 is 0. The number of anilines is 2. The molecule has 0 radical (unpaired) electrons. The first-order valence-corrected chi connectivity index (χ1v) is 11.8. The van der Waals surface area contributed by atoms with Gasteiger partial charge in [0, 0.05) is 30.3 Å². The number of hydrogen-bond donors (Lipinski definition) is 2. The summed E-state index contributed by atoms with van der Waals surface area (Å²) in [6, 6.07) is 8.26. The van der Waals surface area contributed by atoms with E-state index in [9.17, 15) is 5.11 Å². The quantitative estimate of drug-likeness (QED) is 0.696. The van der Waals surface area contributed by atoms with E-state index in [0.717, 1.165) is 65.5 Å². The maximum absolute atomic E-state index is 9.75. The Morgan fingerprint density at radius 3 is 2.59 bits per heavy atom. The SMILES string of the molecule is CC(C)C(CO)Nc1nc(N2CCC(c3ccc(Cl)cc3)CC2)nc2c1SCC2. The topological polar surface area (TPSA) is 61.3 Å². The summed E-state index contributed by atoms with van der Waals surface area (Å²) in [4.78, 5) is 13.3. The van der Waals surface area contributed by atoms with Gasteiger partial charge in [-0.3, -0.25) is 0 Å². The second-order valence-electron chi connectivity index (χ2n) is 8.24. The summed E-state index contributed by atoms with van der Waals surface area (Å²) in [5.74, 6) is 3.65. The van der Waals surface area contributed by atoms with E-state index in [0.29, 0.717) is 11.8 Å². The number of aromatic nitrogens is 2. The third-order valence-electron chi connectivity index (χ3n) is 5.95.